The van der Waals surface area contributed by atoms with Crippen LogP contribution in [0.2, 0.25) is 0 Å². The van der Waals surface area contributed by atoms with E-state index in [-0.39, 0.29) is 0 Å². The van der Waals surface area contributed by atoms with Crippen molar-refractivity contribution in [3.8, 4) is 0 Å². The zero-order valence-corrected chi connectivity index (χ0v) is 4.83. The van der Waals surface area contributed by atoms with Crippen LogP contribution in [0, 0.1) is 0 Å². The zero-order chi connectivity index (χ0) is 5.14. The SMILES string of the molecule is C1CC2=C1C1=C2CC1. The maximum Gasteiger partial charge on any atom is -0.0232 e. The molecule has 0 fully saturated rings. The van der Waals surface area contributed by atoms with Crippen molar-refractivity contribution in [2.45, 2.75) is 25.7 Å². The highest BCUT2D eigenvalue weighted by molar-refractivity contribution is 5.68. The van der Waals surface area contributed by atoms with E-state index in [1.165, 1.54) is 25.7 Å². The summed E-state index contributed by atoms with van der Waals surface area (Å²) in [4.78, 5) is 0. The van der Waals surface area contributed by atoms with Crippen LogP contribution in [0.3, 0.4) is 0 Å². The third-order valence-corrected chi connectivity index (χ3v) is 2.71. The third-order valence-electron chi connectivity index (χ3n) is 2.71. The van der Waals surface area contributed by atoms with Crippen molar-refractivity contribution in [2.75, 3.05) is 0 Å². The summed E-state index contributed by atoms with van der Waals surface area (Å²) in [5, 5.41) is 0. The average molecular weight is 104 g/mol. The van der Waals surface area contributed by atoms with Gasteiger partial charge in [0.2, 0.25) is 0 Å². The van der Waals surface area contributed by atoms with Crippen LogP contribution in [0.15, 0.2) is 22.3 Å². The molecule has 0 heteroatoms. The molecule has 0 unspecified atom stereocenters. The van der Waals surface area contributed by atoms with Gasteiger partial charge in [0.05, 0.1) is 0 Å². The van der Waals surface area contributed by atoms with Gasteiger partial charge in [0.15, 0.2) is 0 Å². The van der Waals surface area contributed by atoms with E-state index in [0.717, 1.165) is 0 Å². The number of hydrogen-bond donors (Lipinski definition) is 0. The van der Waals surface area contributed by atoms with Gasteiger partial charge in [-0.2, -0.15) is 0 Å². The molecule has 0 N–H and O–H groups in total. The molecule has 40 valence electrons. The Bertz CT molecular complexity index is 167. The standard InChI is InChI=1S/C8H8/c1-2-6-5(1)7-3-4-8(6)7/h1-4H2. The molecule has 3 aliphatic rings. The van der Waals surface area contributed by atoms with Gasteiger partial charge in [-0.15, -0.1) is 0 Å². The molecular weight excluding hydrogens is 96.1 g/mol. The van der Waals surface area contributed by atoms with Gasteiger partial charge in [-0.05, 0) is 48.0 Å². The Morgan fingerprint density at radius 1 is 0.500 bits per heavy atom. The summed E-state index contributed by atoms with van der Waals surface area (Å²) in [6.07, 6.45) is 5.64. The monoisotopic (exact) mass is 104 g/mol. The minimum Gasteiger partial charge on any atom is -0.0407 e. The first-order valence-corrected chi connectivity index (χ1v) is 3.41. The van der Waals surface area contributed by atoms with E-state index < -0.39 is 0 Å². The van der Waals surface area contributed by atoms with Gasteiger partial charge >= 0.3 is 0 Å². The summed E-state index contributed by atoms with van der Waals surface area (Å²) in [6.45, 7) is 0. The number of rotatable bonds is 0. The lowest BCUT2D eigenvalue weighted by Crippen LogP contribution is -2.26. The fourth-order valence-electron chi connectivity index (χ4n) is 2.02. The van der Waals surface area contributed by atoms with Crippen LogP contribution >= 0.6 is 0 Å². The fourth-order valence-corrected chi connectivity index (χ4v) is 2.02. The van der Waals surface area contributed by atoms with Crippen LogP contribution in [-0.4, -0.2) is 0 Å². The lowest BCUT2D eigenvalue weighted by Gasteiger charge is -2.45. The Kier molecular flexibility index (Phi) is 0.355. The number of fused-ring (bicyclic) bond motifs is 2. The van der Waals surface area contributed by atoms with Gasteiger partial charge in [0, 0.05) is 0 Å². The highest BCUT2D eigenvalue weighted by atomic mass is 14.4. The molecule has 3 aliphatic carbocycles. The Labute approximate surface area is 48.9 Å². The van der Waals surface area contributed by atoms with Crippen LogP contribution in [0.5, 0.6) is 0 Å². The van der Waals surface area contributed by atoms with Crippen molar-refractivity contribution in [1.29, 1.82) is 0 Å². The van der Waals surface area contributed by atoms with E-state index in [0.29, 0.717) is 0 Å². The van der Waals surface area contributed by atoms with Gasteiger partial charge < -0.3 is 0 Å². The molecule has 8 heavy (non-hydrogen) atoms. The number of allylic oxidation sites excluding steroid dienone is 4. The second kappa shape index (κ2) is 0.812. The van der Waals surface area contributed by atoms with Gasteiger partial charge in [-0.1, -0.05) is 0 Å². The summed E-state index contributed by atoms with van der Waals surface area (Å²) in [6, 6.07) is 0. The summed E-state index contributed by atoms with van der Waals surface area (Å²) in [5.74, 6) is 0. The summed E-state index contributed by atoms with van der Waals surface area (Å²) < 4.78 is 0. The molecule has 0 aromatic heterocycles. The third kappa shape index (κ3) is 0.169. The summed E-state index contributed by atoms with van der Waals surface area (Å²) >= 11 is 0. The minimum atomic E-state index is 1.41. The van der Waals surface area contributed by atoms with Crippen molar-refractivity contribution in [2.24, 2.45) is 0 Å². The predicted molar refractivity (Wildman–Crippen MR) is 32.5 cm³/mol. The van der Waals surface area contributed by atoms with Gasteiger partial charge in [0.1, 0.15) is 0 Å². The van der Waals surface area contributed by atoms with Crippen LogP contribution in [-0.2, 0) is 0 Å². The van der Waals surface area contributed by atoms with Crippen molar-refractivity contribution in [1.82, 2.24) is 0 Å². The molecule has 0 spiro atoms. The first-order chi connectivity index (χ1) is 3.97. The summed E-state index contributed by atoms with van der Waals surface area (Å²) in [7, 11) is 0. The average Bonchev–Trinajstić information content (AvgIpc) is 1.70. The summed E-state index contributed by atoms with van der Waals surface area (Å²) in [5.41, 5.74) is 7.02. The molecule has 0 heterocycles. The van der Waals surface area contributed by atoms with Crippen molar-refractivity contribution in [3.05, 3.63) is 22.3 Å². The quantitative estimate of drug-likeness (QED) is 0.442. The number of hydrogen-bond acceptors (Lipinski definition) is 0. The van der Waals surface area contributed by atoms with Gasteiger partial charge in [-0.25, -0.2) is 0 Å². The lowest BCUT2D eigenvalue weighted by atomic mass is 9.60. The highest BCUT2D eigenvalue weighted by Gasteiger charge is 2.38. The molecule has 0 saturated carbocycles. The molecule has 0 radical (unpaired) electrons. The first kappa shape index (κ1) is 3.49. The molecule has 0 aromatic rings. The fraction of sp³-hybridized carbons (Fsp3) is 0.500. The van der Waals surface area contributed by atoms with E-state index in [4.69, 9.17) is 0 Å². The molecule has 0 aliphatic heterocycles. The largest absolute Gasteiger partial charge is 0.0407 e. The Hall–Kier alpha value is -0.520. The first-order valence-electron chi connectivity index (χ1n) is 3.41. The molecule has 0 amide bonds. The molecule has 0 atom stereocenters. The van der Waals surface area contributed by atoms with Crippen molar-refractivity contribution >= 4 is 0 Å². The smallest absolute Gasteiger partial charge is 0.0232 e. The molecule has 0 aromatic carbocycles. The van der Waals surface area contributed by atoms with Crippen LogP contribution in [0.25, 0.3) is 0 Å². The second-order valence-corrected chi connectivity index (χ2v) is 2.91. The molecule has 3 rings (SSSR count). The van der Waals surface area contributed by atoms with E-state index in [1.54, 1.807) is 22.3 Å². The van der Waals surface area contributed by atoms with Crippen LogP contribution in [0.4, 0.5) is 0 Å². The Morgan fingerprint density at radius 3 is 0.875 bits per heavy atom. The molecule has 0 saturated heterocycles. The molecular formula is C8H8. The van der Waals surface area contributed by atoms with Crippen molar-refractivity contribution in [3.63, 3.8) is 0 Å². The van der Waals surface area contributed by atoms with Crippen molar-refractivity contribution < 1.29 is 0 Å². The topological polar surface area (TPSA) is 0 Å². The highest BCUT2D eigenvalue weighted by Crippen LogP contribution is 2.57. The maximum absolute atomic E-state index is 1.76. The molecule has 0 bridgehead atoms. The van der Waals surface area contributed by atoms with Crippen LogP contribution < -0.4 is 0 Å². The predicted octanol–water partition coefficient (Wildman–Crippen LogP) is 2.18. The Morgan fingerprint density at radius 2 is 0.750 bits per heavy atom. The second-order valence-electron chi connectivity index (χ2n) is 2.91. The van der Waals surface area contributed by atoms with E-state index in [2.05, 4.69) is 0 Å². The van der Waals surface area contributed by atoms with Crippen LogP contribution in [0.1, 0.15) is 25.7 Å². The lowest BCUT2D eigenvalue weighted by molar-refractivity contribution is 0.644. The van der Waals surface area contributed by atoms with E-state index >= 15 is 0 Å². The zero-order valence-electron chi connectivity index (χ0n) is 4.83. The maximum atomic E-state index is 1.76. The normalized spacial score (nSPS) is 30.0. The van der Waals surface area contributed by atoms with Gasteiger partial charge in [0.25, 0.3) is 0 Å². The minimum absolute atomic E-state index is 1.41. The Balaban J connectivity index is 2.18. The molecule has 0 nitrogen and oxygen atoms in total. The van der Waals surface area contributed by atoms with E-state index in [1.807, 2.05) is 0 Å². The van der Waals surface area contributed by atoms with Gasteiger partial charge in [-0.3, -0.25) is 0 Å². The van der Waals surface area contributed by atoms with E-state index in [9.17, 15) is 0 Å².